The van der Waals surface area contributed by atoms with Crippen LogP contribution >= 0.6 is 0 Å². The Morgan fingerprint density at radius 2 is 1.95 bits per heavy atom. The highest BCUT2D eigenvalue weighted by atomic mass is 16.5. The van der Waals surface area contributed by atoms with Gasteiger partial charge in [0.05, 0.1) is 6.61 Å². The lowest BCUT2D eigenvalue weighted by molar-refractivity contribution is -0.137. The van der Waals surface area contributed by atoms with Gasteiger partial charge in [-0.3, -0.25) is 4.79 Å². The third kappa shape index (κ3) is 5.33. The van der Waals surface area contributed by atoms with Gasteiger partial charge in [0.25, 0.3) is 0 Å². The van der Waals surface area contributed by atoms with Gasteiger partial charge in [-0.25, -0.2) is 0 Å². The molecule has 0 radical (unpaired) electrons. The summed E-state index contributed by atoms with van der Waals surface area (Å²) >= 11 is 0. The first-order valence-corrected chi connectivity index (χ1v) is 6.76. The molecular weight excluding hydrogens is 240 g/mol. The Bertz CT molecular complexity index is 430. The topological polar surface area (TPSA) is 46.5 Å². The molecule has 0 fully saturated rings. The molecule has 3 heteroatoms. The normalized spacial score (nSPS) is 11.4. The van der Waals surface area contributed by atoms with Crippen LogP contribution in [-0.2, 0) is 10.2 Å². The maximum absolute atomic E-state index is 10.4. The average Bonchev–Trinajstić information content (AvgIpc) is 2.26. The van der Waals surface area contributed by atoms with E-state index in [9.17, 15) is 4.79 Å². The van der Waals surface area contributed by atoms with E-state index in [2.05, 4.69) is 39.0 Å². The van der Waals surface area contributed by atoms with E-state index in [1.54, 1.807) is 0 Å². The second-order valence-corrected chi connectivity index (χ2v) is 5.95. The zero-order chi connectivity index (χ0) is 14.5. The highest BCUT2D eigenvalue weighted by Gasteiger charge is 2.18. The summed E-state index contributed by atoms with van der Waals surface area (Å²) in [6.45, 7) is 9.10. The summed E-state index contributed by atoms with van der Waals surface area (Å²) in [6, 6.07) is 6.26. The molecule has 1 rings (SSSR count). The molecule has 19 heavy (non-hydrogen) atoms. The first-order valence-electron chi connectivity index (χ1n) is 6.76. The summed E-state index contributed by atoms with van der Waals surface area (Å²) in [5, 5.41) is 8.58. The van der Waals surface area contributed by atoms with Gasteiger partial charge in [0.1, 0.15) is 5.75 Å². The van der Waals surface area contributed by atoms with Gasteiger partial charge in [0.15, 0.2) is 0 Å². The molecule has 0 heterocycles. The molecule has 3 nitrogen and oxygen atoms in total. The molecule has 1 N–H and O–H groups in total. The second-order valence-electron chi connectivity index (χ2n) is 5.95. The van der Waals surface area contributed by atoms with Crippen LogP contribution in [0.1, 0.15) is 51.2 Å². The average molecular weight is 264 g/mol. The number of ether oxygens (including phenoxy) is 1. The molecule has 0 aromatic heterocycles. The summed E-state index contributed by atoms with van der Waals surface area (Å²) in [5.74, 6) is 0.175. The van der Waals surface area contributed by atoms with Crippen LogP contribution in [0.25, 0.3) is 0 Å². The lowest BCUT2D eigenvalue weighted by Gasteiger charge is -2.23. The van der Waals surface area contributed by atoms with E-state index in [4.69, 9.17) is 9.84 Å². The number of unbranched alkanes of at least 4 members (excludes halogenated alkanes) is 1. The van der Waals surface area contributed by atoms with E-state index in [-0.39, 0.29) is 11.8 Å². The second kappa shape index (κ2) is 6.60. The SMILES string of the molecule is Cc1ccc(C(C)(C)C)c(OCCCCC(=O)O)c1. The highest BCUT2D eigenvalue weighted by Crippen LogP contribution is 2.32. The number of hydrogen-bond donors (Lipinski definition) is 1. The minimum absolute atomic E-state index is 0.0457. The van der Waals surface area contributed by atoms with Gasteiger partial charge in [0.2, 0.25) is 0 Å². The number of carboxylic acids is 1. The molecule has 0 saturated heterocycles. The molecule has 0 saturated carbocycles. The van der Waals surface area contributed by atoms with Gasteiger partial charge in [-0.15, -0.1) is 0 Å². The van der Waals surface area contributed by atoms with Gasteiger partial charge in [0, 0.05) is 6.42 Å². The first-order chi connectivity index (χ1) is 8.80. The van der Waals surface area contributed by atoms with Crippen molar-refractivity contribution in [1.82, 2.24) is 0 Å². The number of aliphatic carboxylic acids is 1. The molecule has 0 atom stereocenters. The Labute approximate surface area is 115 Å². The van der Waals surface area contributed by atoms with Gasteiger partial charge in [-0.05, 0) is 42.4 Å². The van der Waals surface area contributed by atoms with Crippen molar-refractivity contribution in [1.29, 1.82) is 0 Å². The lowest BCUT2D eigenvalue weighted by Crippen LogP contribution is -2.14. The molecule has 0 aliphatic carbocycles. The summed E-state index contributed by atoms with van der Waals surface area (Å²) in [4.78, 5) is 10.4. The number of aryl methyl sites for hydroxylation is 1. The van der Waals surface area contributed by atoms with Crippen LogP contribution in [0.3, 0.4) is 0 Å². The van der Waals surface area contributed by atoms with Crippen molar-refractivity contribution in [3.8, 4) is 5.75 Å². The van der Waals surface area contributed by atoms with Crippen molar-refractivity contribution in [2.75, 3.05) is 6.61 Å². The fourth-order valence-electron chi connectivity index (χ4n) is 1.93. The van der Waals surface area contributed by atoms with Crippen molar-refractivity contribution in [2.24, 2.45) is 0 Å². The monoisotopic (exact) mass is 264 g/mol. The van der Waals surface area contributed by atoms with Crippen LogP contribution < -0.4 is 4.74 Å². The predicted octanol–water partition coefficient (Wildman–Crippen LogP) is 3.93. The highest BCUT2D eigenvalue weighted by molar-refractivity contribution is 5.66. The first kappa shape index (κ1) is 15.5. The molecule has 0 amide bonds. The molecular formula is C16H24O3. The molecule has 0 spiro atoms. The molecule has 106 valence electrons. The molecule has 0 bridgehead atoms. The summed E-state index contributed by atoms with van der Waals surface area (Å²) in [5.41, 5.74) is 2.41. The van der Waals surface area contributed by atoms with Crippen molar-refractivity contribution < 1.29 is 14.6 Å². The number of rotatable bonds is 6. The van der Waals surface area contributed by atoms with E-state index < -0.39 is 5.97 Å². The van der Waals surface area contributed by atoms with E-state index in [1.807, 2.05) is 6.92 Å². The van der Waals surface area contributed by atoms with Gasteiger partial charge in [-0.2, -0.15) is 0 Å². The van der Waals surface area contributed by atoms with Crippen LogP contribution in [0, 0.1) is 6.92 Å². The van der Waals surface area contributed by atoms with Crippen molar-refractivity contribution in [3.63, 3.8) is 0 Å². The van der Waals surface area contributed by atoms with Crippen LogP contribution in [0.4, 0.5) is 0 Å². The zero-order valence-electron chi connectivity index (χ0n) is 12.3. The van der Waals surface area contributed by atoms with E-state index >= 15 is 0 Å². The molecule has 1 aromatic rings. The fourth-order valence-corrected chi connectivity index (χ4v) is 1.93. The smallest absolute Gasteiger partial charge is 0.303 e. The largest absolute Gasteiger partial charge is 0.493 e. The number of carbonyl (C=O) groups is 1. The quantitative estimate of drug-likeness (QED) is 0.792. The summed E-state index contributed by atoms with van der Waals surface area (Å²) in [7, 11) is 0. The Kier molecular flexibility index (Phi) is 5.40. The minimum Gasteiger partial charge on any atom is -0.493 e. The Balaban J connectivity index is 2.61. The third-order valence-corrected chi connectivity index (χ3v) is 2.99. The van der Waals surface area contributed by atoms with Crippen molar-refractivity contribution >= 4 is 5.97 Å². The number of hydrogen-bond acceptors (Lipinski definition) is 2. The van der Waals surface area contributed by atoms with Crippen LogP contribution in [0.15, 0.2) is 18.2 Å². The summed E-state index contributed by atoms with van der Waals surface area (Å²) < 4.78 is 5.83. The zero-order valence-corrected chi connectivity index (χ0v) is 12.3. The van der Waals surface area contributed by atoms with Gasteiger partial charge >= 0.3 is 5.97 Å². The molecule has 0 unspecified atom stereocenters. The maximum atomic E-state index is 10.4. The standard InChI is InChI=1S/C16H24O3/c1-12-8-9-13(16(2,3)4)14(11-12)19-10-6-5-7-15(17)18/h8-9,11H,5-7,10H2,1-4H3,(H,17,18). The van der Waals surface area contributed by atoms with Crippen molar-refractivity contribution in [3.05, 3.63) is 29.3 Å². The van der Waals surface area contributed by atoms with E-state index in [1.165, 1.54) is 11.1 Å². The lowest BCUT2D eigenvalue weighted by atomic mass is 9.86. The Morgan fingerprint density at radius 1 is 1.26 bits per heavy atom. The summed E-state index contributed by atoms with van der Waals surface area (Å²) in [6.07, 6.45) is 1.64. The van der Waals surface area contributed by atoms with Crippen LogP contribution in [-0.4, -0.2) is 17.7 Å². The molecule has 0 aliphatic rings. The van der Waals surface area contributed by atoms with E-state index in [0.29, 0.717) is 13.0 Å². The molecule has 1 aromatic carbocycles. The third-order valence-electron chi connectivity index (χ3n) is 2.99. The van der Waals surface area contributed by atoms with Gasteiger partial charge in [-0.1, -0.05) is 32.9 Å². The van der Waals surface area contributed by atoms with Crippen LogP contribution in [0.2, 0.25) is 0 Å². The van der Waals surface area contributed by atoms with E-state index in [0.717, 1.165) is 12.2 Å². The number of benzene rings is 1. The minimum atomic E-state index is -0.745. The predicted molar refractivity (Wildman–Crippen MR) is 76.9 cm³/mol. The van der Waals surface area contributed by atoms with Gasteiger partial charge < -0.3 is 9.84 Å². The maximum Gasteiger partial charge on any atom is 0.303 e. The fraction of sp³-hybridized carbons (Fsp3) is 0.562. The Morgan fingerprint density at radius 3 is 2.53 bits per heavy atom. The van der Waals surface area contributed by atoms with Crippen molar-refractivity contribution in [2.45, 2.75) is 52.4 Å². The molecule has 0 aliphatic heterocycles. The number of carboxylic acid groups (broad SMARTS) is 1. The van der Waals surface area contributed by atoms with Crippen LogP contribution in [0.5, 0.6) is 5.75 Å². The Hall–Kier alpha value is -1.51.